The molecule has 4 rings (SSSR count). The lowest BCUT2D eigenvalue weighted by Gasteiger charge is -2.30. The van der Waals surface area contributed by atoms with Crippen LogP contribution >= 0.6 is 11.6 Å². The SMILES string of the molecule is O=C(c1cccc(Cl)c1)N1CCC(c2nnc(C3CC3)o2)CC1. The van der Waals surface area contributed by atoms with Crippen LogP contribution in [0.15, 0.2) is 28.7 Å². The first-order valence-electron chi connectivity index (χ1n) is 8.09. The molecule has 1 aliphatic heterocycles. The highest BCUT2D eigenvalue weighted by atomic mass is 35.5. The predicted molar refractivity (Wildman–Crippen MR) is 85.6 cm³/mol. The van der Waals surface area contributed by atoms with Gasteiger partial charge in [0.1, 0.15) is 0 Å². The van der Waals surface area contributed by atoms with Gasteiger partial charge >= 0.3 is 0 Å². The molecule has 2 aromatic rings. The Morgan fingerprint density at radius 1 is 1.09 bits per heavy atom. The first-order chi connectivity index (χ1) is 11.2. The molecule has 120 valence electrons. The number of hydrogen-bond acceptors (Lipinski definition) is 4. The van der Waals surface area contributed by atoms with Gasteiger partial charge in [-0.15, -0.1) is 10.2 Å². The summed E-state index contributed by atoms with van der Waals surface area (Å²) in [6.07, 6.45) is 4.04. The van der Waals surface area contributed by atoms with E-state index in [1.54, 1.807) is 24.3 Å². The zero-order valence-corrected chi connectivity index (χ0v) is 13.5. The molecule has 0 N–H and O–H groups in total. The van der Waals surface area contributed by atoms with Crippen molar-refractivity contribution in [1.29, 1.82) is 0 Å². The monoisotopic (exact) mass is 331 g/mol. The number of benzene rings is 1. The van der Waals surface area contributed by atoms with Crippen LogP contribution in [0.3, 0.4) is 0 Å². The molecule has 1 amide bonds. The molecule has 0 atom stereocenters. The summed E-state index contributed by atoms with van der Waals surface area (Å²) in [5.74, 6) is 2.31. The van der Waals surface area contributed by atoms with Crippen molar-refractivity contribution in [2.45, 2.75) is 37.5 Å². The number of amides is 1. The summed E-state index contributed by atoms with van der Waals surface area (Å²) in [4.78, 5) is 14.4. The molecule has 2 aliphatic rings. The van der Waals surface area contributed by atoms with Crippen LogP contribution in [0.4, 0.5) is 0 Å². The molecule has 1 saturated heterocycles. The van der Waals surface area contributed by atoms with Crippen LogP contribution in [0, 0.1) is 0 Å². The second-order valence-electron chi connectivity index (χ2n) is 6.33. The van der Waals surface area contributed by atoms with E-state index in [1.165, 1.54) is 0 Å². The maximum absolute atomic E-state index is 12.5. The second kappa shape index (κ2) is 5.96. The van der Waals surface area contributed by atoms with Crippen LogP contribution in [0.1, 0.15) is 59.7 Å². The van der Waals surface area contributed by atoms with Crippen molar-refractivity contribution in [3.8, 4) is 0 Å². The summed E-state index contributed by atoms with van der Waals surface area (Å²) < 4.78 is 5.80. The number of halogens is 1. The van der Waals surface area contributed by atoms with E-state index < -0.39 is 0 Å². The Labute approximate surface area is 139 Å². The van der Waals surface area contributed by atoms with Crippen molar-refractivity contribution in [1.82, 2.24) is 15.1 Å². The van der Waals surface area contributed by atoms with Gasteiger partial charge in [-0.1, -0.05) is 17.7 Å². The quantitative estimate of drug-likeness (QED) is 0.861. The summed E-state index contributed by atoms with van der Waals surface area (Å²) in [6.45, 7) is 1.41. The number of carbonyl (C=O) groups is 1. The van der Waals surface area contributed by atoms with Gasteiger partial charge in [0.05, 0.1) is 0 Å². The zero-order valence-electron chi connectivity index (χ0n) is 12.7. The smallest absolute Gasteiger partial charge is 0.253 e. The van der Waals surface area contributed by atoms with Gasteiger partial charge in [-0.2, -0.15) is 0 Å². The summed E-state index contributed by atoms with van der Waals surface area (Å²) in [5.41, 5.74) is 0.643. The minimum Gasteiger partial charge on any atom is -0.425 e. The third-order valence-electron chi connectivity index (χ3n) is 4.59. The van der Waals surface area contributed by atoms with Gasteiger partial charge in [-0.25, -0.2) is 0 Å². The first kappa shape index (κ1) is 14.7. The Balaban J connectivity index is 1.39. The Bertz CT molecular complexity index is 718. The first-order valence-corrected chi connectivity index (χ1v) is 8.46. The fraction of sp³-hybridized carbons (Fsp3) is 0.471. The van der Waals surface area contributed by atoms with Gasteiger partial charge in [0.15, 0.2) is 0 Å². The van der Waals surface area contributed by atoms with E-state index in [0.29, 0.717) is 29.6 Å². The van der Waals surface area contributed by atoms with E-state index in [9.17, 15) is 4.79 Å². The highest BCUT2D eigenvalue weighted by Crippen LogP contribution is 2.40. The lowest BCUT2D eigenvalue weighted by atomic mass is 9.96. The molecular formula is C17H18ClN3O2. The molecule has 0 bridgehead atoms. The number of nitrogens with zero attached hydrogens (tertiary/aromatic N) is 3. The van der Waals surface area contributed by atoms with Crippen molar-refractivity contribution in [2.24, 2.45) is 0 Å². The number of likely N-dealkylation sites (tertiary alicyclic amines) is 1. The molecule has 1 aliphatic carbocycles. The van der Waals surface area contributed by atoms with Gasteiger partial charge in [-0.05, 0) is 43.9 Å². The maximum Gasteiger partial charge on any atom is 0.253 e. The van der Waals surface area contributed by atoms with Crippen LogP contribution in [0.25, 0.3) is 0 Å². The van der Waals surface area contributed by atoms with E-state index in [1.807, 2.05) is 4.90 Å². The number of carbonyl (C=O) groups excluding carboxylic acids is 1. The average molecular weight is 332 g/mol. The summed E-state index contributed by atoms with van der Waals surface area (Å²) in [5, 5.41) is 8.94. The minimum absolute atomic E-state index is 0.0372. The van der Waals surface area contributed by atoms with Crippen LogP contribution in [0.2, 0.25) is 5.02 Å². The van der Waals surface area contributed by atoms with Crippen molar-refractivity contribution in [3.63, 3.8) is 0 Å². The van der Waals surface area contributed by atoms with Crippen LogP contribution in [-0.4, -0.2) is 34.1 Å². The molecule has 5 nitrogen and oxygen atoms in total. The van der Waals surface area contributed by atoms with Crippen LogP contribution < -0.4 is 0 Å². The van der Waals surface area contributed by atoms with Gasteiger partial charge in [0.2, 0.25) is 11.8 Å². The molecule has 2 heterocycles. The molecule has 1 aromatic heterocycles. The van der Waals surface area contributed by atoms with E-state index >= 15 is 0 Å². The van der Waals surface area contributed by atoms with E-state index in [2.05, 4.69) is 10.2 Å². The minimum atomic E-state index is 0.0372. The number of hydrogen-bond donors (Lipinski definition) is 0. The lowest BCUT2D eigenvalue weighted by Crippen LogP contribution is -2.38. The second-order valence-corrected chi connectivity index (χ2v) is 6.77. The van der Waals surface area contributed by atoms with Crippen molar-refractivity contribution >= 4 is 17.5 Å². The summed E-state index contributed by atoms with van der Waals surface area (Å²) in [6, 6.07) is 7.11. The number of aromatic nitrogens is 2. The van der Waals surface area contributed by atoms with Gasteiger partial charge in [0, 0.05) is 35.5 Å². The van der Waals surface area contributed by atoms with Gasteiger partial charge in [-0.3, -0.25) is 4.79 Å². The maximum atomic E-state index is 12.5. The molecular weight excluding hydrogens is 314 g/mol. The highest BCUT2D eigenvalue weighted by molar-refractivity contribution is 6.30. The molecule has 6 heteroatoms. The Hall–Kier alpha value is -1.88. The molecule has 2 fully saturated rings. The molecule has 0 spiro atoms. The predicted octanol–water partition coefficient (Wildman–Crippen LogP) is 3.62. The summed E-state index contributed by atoms with van der Waals surface area (Å²) in [7, 11) is 0. The van der Waals surface area contributed by atoms with E-state index in [-0.39, 0.29) is 11.8 Å². The molecule has 0 unspecified atom stereocenters. The van der Waals surface area contributed by atoms with E-state index in [4.69, 9.17) is 16.0 Å². The van der Waals surface area contributed by atoms with Crippen LogP contribution in [0.5, 0.6) is 0 Å². The lowest BCUT2D eigenvalue weighted by molar-refractivity contribution is 0.0706. The van der Waals surface area contributed by atoms with Crippen LogP contribution in [-0.2, 0) is 0 Å². The topological polar surface area (TPSA) is 59.2 Å². The standard InChI is InChI=1S/C17H18ClN3O2/c18-14-3-1-2-13(10-14)17(22)21-8-6-12(7-9-21)16-20-19-15(23-16)11-4-5-11/h1-3,10-12H,4-9H2. The van der Waals surface area contributed by atoms with Crippen molar-refractivity contribution < 1.29 is 9.21 Å². The van der Waals surface area contributed by atoms with Crippen molar-refractivity contribution in [3.05, 3.63) is 46.6 Å². The number of piperidine rings is 1. The fourth-order valence-corrected chi connectivity index (χ4v) is 3.23. The Morgan fingerprint density at radius 2 is 1.74 bits per heavy atom. The highest BCUT2D eigenvalue weighted by Gasteiger charge is 2.32. The average Bonchev–Trinajstić information content (AvgIpc) is 3.32. The number of rotatable bonds is 3. The summed E-state index contributed by atoms with van der Waals surface area (Å²) >= 11 is 5.97. The van der Waals surface area contributed by atoms with E-state index in [0.717, 1.165) is 37.5 Å². The third-order valence-corrected chi connectivity index (χ3v) is 4.82. The Kier molecular flexibility index (Phi) is 3.81. The molecule has 23 heavy (non-hydrogen) atoms. The zero-order chi connectivity index (χ0) is 15.8. The normalized spacial score (nSPS) is 19.1. The van der Waals surface area contributed by atoms with Gasteiger partial charge in [0.25, 0.3) is 5.91 Å². The van der Waals surface area contributed by atoms with Gasteiger partial charge < -0.3 is 9.32 Å². The Morgan fingerprint density at radius 3 is 2.35 bits per heavy atom. The third kappa shape index (κ3) is 3.11. The fourth-order valence-electron chi connectivity index (χ4n) is 3.04. The molecule has 1 saturated carbocycles. The largest absolute Gasteiger partial charge is 0.425 e. The van der Waals surface area contributed by atoms with Crippen molar-refractivity contribution in [2.75, 3.05) is 13.1 Å². The molecule has 1 aromatic carbocycles. The molecule has 0 radical (unpaired) electrons.